The number of likely N-dealkylation sites (tertiary alicyclic amines) is 1. The van der Waals surface area contributed by atoms with Gasteiger partial charge in [0.15, 0.2) is 0 Å². The highest BCUT2D eigenvalue weighted by atomic mass is 32.2. The van der Waals surface area contributed by atoms with Crippen LogP contribution in [0.1, 0.15) is 19.8 Å². The van der Waals surface area contributed by atoms with E-state index in [1.807, 2.05) is 0 Å². The Morgan fingerprint density at radius 2 is 2.27 bits per heavy atom. The molecule has 2 heterocycles. The summed E-state index contributed by atoms with van der Waals surface area (Å²) in [5.41, 5.74) is 0. The number of carboxylic acids is 1. The second-order valence-corrected chi connectivity index (χ2v) is 5.68. The molecule has 0 aromatic carbocycles. The Balaban J connectivity index is 1.92. The van der Waals surface area contributed by atoms with Gasteiger partial charge in [0, 0.05) is 18.8 Å². The lowest BCUT2D eigenvalue weighted by atomic mass is 10.0. The molecule has 2 saturated heterocycles. The number of hydrogen-bond donors (Lipinski definition) is 2. The highest BCUT2D eigenvalue weighted by Crippen LogP contribution is 2.38. The van der Waals surface area contributed by atoms with E-state index in [0.29, 0.717) is 5.75 Å². The predicted molar refractivity (Wildman–Crippen MR) is 61.1 cm³/mol. The number of hydrogen-bond acceptors (Lipinski definition) is 4. The molecule has 0 aromatic heterocycles. The van der Waals surface area contributed by atoms with Crippen molar-refractivity contribution >= 4 is 17.7 Å². The van der Waals surface area contributed by atoms with E-state index in [1.165, 1.54) is 0 Å². The summed E-state index contributed by atoms with van der Waals surface area (Å²) in [6.45, 7) is 5.45. The van der Waals surface area contributed by atoms with Gasteiger partial charge in [0.05, 0.1) is 4.87 Å². The van der Waals surface area contributed by atoms with Gasteiger partial charge >= 0.3 is 5.97 Å². The van der Waals surface area contributed by atoms with Gasteiger partial charge in [-0.15, -0.1) is 11.8 Å². The van der Waals surface area contributed by atoms with E-state index in [4.69, 9.17) is 5.11 Å². The standard InChI is InChI=1S/C10H18N2O2S/c1-2-12-5-3-10(4-6-12)11-8(7-15-10)9(13)14/h8,11H,2-7H2,1H3,(H,13,14)/t8-/m1/s1. The maximum absolute atomic E-state index is 10.9. The third kappa shape index (κ3) is 2.29. The van der Waals surface area contributed by atoms with E-state index in [0.717, 1.165) is 32.5 Å². The van der Waals surface area contributed by atoms with Crippen molar-refractivity contribution in [2.24, 2.45) is 0 Å². The molecule has 2 fully saturated rings. The number of piperidine rings is 1. The molecule has 86 valence electrons. The van der Waals surface area contributed by atoms with E-state index >= 15 is 0 Å². The topological polar surface area (TPSA) is 52.6 Å². The van der Waals surface area contributed by atoms with E-state index < -0.39 is 5.97 Å². The molecular weight excluding hydrogens is 212 g/mol. The van der Waals surface area contributed by atoms with E-state index in [1.54, 1.807) is 11.8 Å². The first-order chi connectivity index (χ1) is 7.15. The predicted octanol–water partition coefficient (Wildman–Crippen LogP) is 0.588. The first-order valence-corrected chi connectivity index (χ1v) is 6.50. The number of carboxylic acid groups (broad SMARTS) is 1. The molecule has 0 unspecified atom stereocenters. The Bertz CT molecular complexity index is 252. The Morgan fingerprint density at radius 3 is 2.73 bits per heavy atom. The molecule has 0 aromatic rings. The minimum atomic E-state index is -0.711. The molecule has 0 saturated carbocycles. The highest BCUT2D eigenvalue weighted by Gasteiger charge is 2.43. The van der Waals surface area contributed by atoms with Crippen LogP contribution >= 0.6 is 11.8 Å². The van der Waals surface area contributed by atoms with Crippen LogP contribution in [0.2, 0.25) is 0 Å². The SMILES string of the molecule is CCN1CCC2(CC1)N[C@@H](C(=O)O)CS2. The number of carbonyl (C=O) groups is 1. The molecule has 1 spiro atoms. The lowest BCUT2D eigenvalue weighted by Crippen LogP contribution is -2.51. The van der Waals surface area contributed by atoms with Gasteiger partial charge in [-0.05, 0) is 19.4 Å². The van der Waals surface area contributed by atoms with Crippen LogP contribution in [-0.4, -0.2) is 52.3 Å². The Labute approximate surface area is 94.4 Å². The van der Waals surface area contributed by atoms with Gasteiger partial charge in [-0.3, -0.25) is 10.1 Å². The zero-order valence-electron chi connectivity index (χ0n) is 9.03. The van der Waals surface area contributed by atoms with Crippen LogP contribution in [0.15, 0.2) is 0 Å². The summed E-state index contributed by atoms with van der Waals surface area (Å²) in [7, 11) is 0. The maximum Gasteiger partial charge on any atom is 0.321 e. The first kappa shape index (κ1) is 11.2. The van der Waals surface area contributed by atoms with Crippen molar-refractivity contribution in [1.82, 2.24) is 10.2 Å². The molecule has 0 bridgehead atoms. The maximum atomic E-state index is 10.9. The Morgan fingerprint density at radius 1 is 1.60 bits per heavy atom. The van der Waals surface area contributed by atoms with Crippen LogP contribution < -0.4 is 5.32 Å². The second-order valence-electron chi connectivity index (χ2n) is 4.27. The number of nitrogens with one attached hydrogen (secondary N) is 1. The smallest absolute Gasteiger partial charge is 0.321 e. The lowest BCUT2D eigenvalue weighted by Gasteiger charge is -2.38. The monoisotopic (exact) mass is 230 g/mol. The van der Waals surface area contributed by atoms with Crippen molar-refractivity contribution in [3.05, 3.63) is 0 Å². The molecule has 1 atom stereocenters. The normalized spacial score (nSPS) is 30.9. The van der Waals surface area contributed by atoms with Gasteiger partial charge in [-0.2, -0.15) is 0 Å². The van der Waals surface area contributed by atoms with E-state index in [9.17, 15) is 4.79 Å². The Kier molecular flexibility index (Phi) is 3.23. The third-order valence-electron chi connectivity index (χ3n) is 3.37. The van der Waals surface area contributed by atoms with Crippen LogP contribution in [0.25, 0.3) is 0 Å². The van der Waals surface area contributed by atoms with Crippen LogP contribution in [0.4, 0.5) is 0 Å². The van der Waals surface area contributed by atoms with Gasteiger partial charge < -0.3 is 10.0 Å². The zero-order valence-corrected chi connectivity index (χ0v) is 9.85. The van der Waals surface area contributed by atoms with Crippen LogP contribution in [0.5, 0.6) is 0 Å². The van der Waals surface area contributed by atoms with Gasteiger partial charge in [0.2, 0.25) is 0 Å². The molecule has 0 amide bonds. The van der Waals surface area contributed by atoms with Crippen LogP contribution in [0, 0.1) is 0 Å². The average Bonchev–Trinajstić information content (AvgIpc) is 2.64. The van der Waals surface area contributed by atoms with Gasteiger partial charge in [-0.1, -0.05) is 6.92 Å². The summed E-state index contributed by atoms with van der Waals surface area (Å²) in [6, 6.07) is -0.344. The van der Waals surface area contributed by atoms with E-state index in [-0.39, 0.29) is 10.9 Å². The summed E-state index contributed by atoms with van der Waals surface area (Å²) < 4.78 is 0. The van der Waals surface area contributed by atoms with Crippen molar-refractivity contribution in [2.45, 2.75) is 30.7 Å². The van der Waals surface area contributed by atoms with Crippen molar-refractivity contribution in [3.63, 3.8) is 0 Å². The Hall–Kier alpha value is -0.260. The van der Waals surface area contributed by atoms with E-state index in [2.05, 4.69) is 17.1 Å². The van der Waals surface area contributed by atoms with Crippen molar-refractivity contribution in [2.75, 3.05) is 25.4 Å². The molecule has 2 aliphatic rings. The lowest BCUT2D eigenvalue weighted by molar-refractivity contribution is -0.139. The average molecular weight is 230 g/mol. The van der Waals surface area contributed by atoms with Gasteiger partial charge in [-0.25, -0.2) is 0 Å². The molecule has 2 rings (SSSR count). The van der Waals surface area contributed by atoms with Crippen molar-refractivity contribution in [1.29, 1.82) is 0 Å². The third-order valence-corrected chi connectivity index (χ3v) is 4.95. The largest absolute Gasteiger partial charge is 0.480 e. The molecule has 5 heteroatoms. The molecule has 4 nitrogen and oxygen atoms in total. The quantitative estimate of drug-likeness (QED) is 0.727. The minimum absolute atomic E-state index is 0.0503. The molecule has 2 aliphatic heterocycles. The number of aliphatic carboxylic acids is 1. The molecule has 0 radical (unpaired) electrons. The van der Waals surface area contributed by atoms with Gasteiger partial charge in [0.1, 0.15) is 6.04 Å². The molecule has 0 aliphatic carbocycles. The second kappa shape index (κ2) is 4.31. The van der Waals surface area contributed by atoms with Crippen LogP contribution in [-0.2, 0) is 4.79 Å². The number of nitrogens with zero attached hydrogens (tertiary/aromatic N) is 1. The van der Waals surface area contributed by atoms with Gasteiger partial charge in [0.25, 0.3) is 0 Å². The first-order valence-electron chi connectivity index (χ1n) is 5.52. The molecule has 2 N–H and O–H groups in total. The fourth-order valence-electron chi connectivity index (χ4n) is 2.30. The summed E-state index contributed by atoms with van der Waals surface area (Å²) in [4.78, 5) is 13.3. The summed E-state index contributed by atoms with van der Waals surface area (Å²) in [5, 5.41) is 12.2. The summed E-state index contributed by atoms with van der Waals surface area (Å²) in [5.74, 6) is -0.00106. The van der Waals surface area contributed by atoms with Crippen molar-refractivity contribution < 1.29 is 9.90 Å². The fraction of sp³-hybridized carbons (Fsp3) is 0.900. The number of rotatable bonds is 2. The molecular formula is C10H18N2O2S. The molecule has 15 heavy (non-hydrogen) atoms. The minimum Gasteiger partial charge on any atom is -0.480 e. The van der Waals surface area contributed by atoms with Crippen LogP contribution in [0.3, 0.4) is 0 Å². The summed E-state index contributed by atoms with van der Waals surface area (Å²) >= 11 is 1.80. The zero-order chi connectivity index (χ0) is 10.9. The highest BCUT2D eigenvalue weighted by molar-refractivity contribution is 8.01. The summed E-state index contributed by atoms with van der Waals surface area (Å²) in [6.07, 6.45) is 2.13. The fourth-order valence-corrected chi connectivity index (χ4v) is 3.70. The number of thioether (sulfide) groups is 1. The van der Waals surface area contributed by atoms with Crippen molar-refractivity contribution in [3.8, 4) is 0 Å².